The predicted molar refractivity (Wildman–Crippen MR) is 71.5 cm³/mol. The average Bonchev–Trinajstić information content (AvgIpc) is 2.32. The number of ether oxygens (including phenoxy) is 1. The van der Waals surface area contributed by atoms with E-state index in [2.05, 4.69) is 50.2 Å². The Balaban J connectivity index is 2.08. The van der Waals surface area contributed by atoms with Gasteiger partial charge in [0.05, 0.1) is 0 Å². The summed E-state index contributed by atoms with van der Waals surface area (Å²) in [7, 11) is 4.31. The summed E-state index contributed by atoms with van der Waals surface area (Å²) in [5, 5.41) is 0. The molecule has 0 bridgehead atoms. The van der Waals surface area contributed by atoms with E-state index in [1.807, 2.05) is 0 Å². The van der Waals surface area contributed by atoms with Crippen LogP contribution in [0.4, 0.5) is 0 Å². The molecule has 0 spiro atoms. The van der Waals surface area contributed by atoms with Crippen molar-refractivity contribution in [2.75, 3.05) is 14.1 Å². The average molecular weight is 233 g/mol. The van der Waals surface area contributed by atoms with Gasteiger partial charge in [0, 0.05) is 6.04 Å². The minimum atomic E-state index is 0.347. The predicted octanol–water partition coefficient (Wildman–Crippen LogP) is 3.25. The molecule has 0 aromatic heterocycles. The fourth-order valence-electron chi connectivity index (χ4n) is 2.66. The molecule has 0 N–H and O–H groups in total. The number of likely N-dealkylation sites (N-methyl/N-ethyl adjacent to an activating group) is 1. The second-order valence-corrected chi connectivity index (χ2v) is 5.24. The standard InChI is InChI=1S/C15H23NO/c1-12-8-4-6-10-14(12)17-15-11-7-5-9-13(15)16(2)3/h4,6,8,10,13,15H,5,7,9,11H2,1-3H3. The number of aryl methyl sites for hydroxylation is 1. The van der Waals surface area contributed by atoms with E-state index in [1.165, 1.54) is 31.2 Å². The Morgan fingerprint density at radius 2 is 1.82 bits per heavy atom. The van der Waals surface area contributed by atoms with Gasteiger partial charge >= 0.3 is 0 Å². The molecule has 2 heteroatoms. The number of hydrogen-bond acceptors (Lipinski definition) is 2. The van der Waals surface area contributed by atoms with Crippen molar-refractivity contribution in [2.24, 2.45) is 0 Å². The third-order valence-electron chi connectivity index (χ3n) is 3.70. The highest BCUT2D eigenvalue weighted by Crippen LogP contribution is 2.27. The van der Waals surface area contributed by atoms with Crippen molar-refractivity contribution in [3.63, 3.8) is 0 Å². The number of hydrogen-bond donors (Lipinski definition) is 0. The Bertz CT molecular complexity index is 362. The highest BCUT2D eigenvalue weighted by molar-refractivity contribution is 5.32. The third-order valence-corrected chi connectivity index (χ3v) is 3.70. The maximum atomic E-state index is 6.22. The fourth-order valence-corrected chi connectivity index (χ4v) is 2.66. The molecule has 0 radical (unpaired) electrons. The summed E-state index contributed by atoms with van der Waals surface area (Å²) in [6, 6.07) is 8.87. The van der Waals surface area contributed by atoms with E-state index in [0.717, 1.165) is 5.75 Å². The van der Waals surface area contributed by atoms with Crippen molar-refractivity contribution in [1.82, 2.24) is 4.90 Å². The zero-order valence-corrected chi connectivity index (χ0v) is 11.1. The van der Waals surface area contributed by atoms with Crippen molar-refractivity contribution in [3.05, 3.63) is 29.8 Å². The monoisotopic (exact) mass is 233 g/mol. The van der Waals surface area contributed by atoms with Crippen LogP contribution in [0.15, 0.2) is 24.3 Å². The first-order valence-electron chi connectivity index (χ1n) is 6.57. The van der Waals surface area contributed by atoms with Crippen LogP contribution in [0, 0.1) is 6.92 Å². The molecule has 1 saturated carbocycles. The molecule has 0 aliphatic heterocycles. The summed E-state index contributed by atoms with van der Waals surface area (Å²) in [5.74, 6) is 1.05. The lowest BCUT2D eigenvalue weighted by Crippen LogP contribution is -2.44. The largest absolute Gasteiger partial charge is 0.489 e. The molecule has 1 aliphatic rings. The molecule has 0 amide bonds. The number of rotatable bonds is 3. The van der Waals surface area contributed by atoms with E-state index in [0.29, 0.717) is 12.1 Å². The third kappa shape index (κ3) is 3.01. The topological polar surface area (TPSA) is 12.5 Å². The second-order valence-electron chi connectivity index (χ2n) is 5.24. The first-order valence-corrected chi connectivity index (χ1v) is 6.57. The Hall–Kier alpha value is -1.02. The number of nitrogens with zero attached hydrogens (tertiary/aromatic N) is 1. The van der Waals surface area contributed by atoms with Gasteiger partial charge in [0.25, 0.3) is 0 Å². The van der Waals surface area contributed by atoms with Gasteiger partial charge in [-0.15, -0.1) is 0 Å². The summed E-state index contributed by atoms with van der Waals surface area (Å²) in [4.78, 5) is 2.31. The molecule has 1 aliphatic carbocycles. The highest BCUT2D eigenvalue weighted by atomic mass is 16.5. The van der Waals surface area contributed by atoms with Crippen LogP contribution in [-0.2, 0) is 0 Å². The lowest BCUT2D eigenvalue weighted by atomic mass is 9.91. The van der Waals surface area contributed by atoms with Crippen molar-refractivity contribution in [3.8, 4) is 5.75 Å². The zero-order chi connectivity index (χ0) is 12.3. The van der Waals surface area contributed by atoms with E-state index < -0.39 is 0 Å². The molecule has 1 aromatic rings. The van der Waals surface area contributed by atoms with Gasteiger partial charge in [-0.25, -0.2) is 0 Å². The van der Waals surface area contributed by atoms with Crippen LogP contribution < -0.4 is 4.74 Å². The molecule has 0 heterocycles. The van der Waals surface area contributed by atoms with Gasteiger partial charge in [-0.1, -0.05) is 24.6 Å². The molecular weight excluding hydrogens is 210 g/mol. The van der Waals surface area contributed by atoms with Crippen LogP contribution in [-0.4, -0.2) is 31.1 Å². The Kier molecular flexibility index (Phi) is 4.06. The smallest absolute Gasteiger partial charge is 0.122 e. The fraction of sp³-hybridized carbons (Fsp3) is 0.600. The lowest BCUT2D eigenvalue weighted by molar-refractivity contribution is 0.0617. The second kappa shape index (κ2) is 5.54. The van der Waals surface area contributed by atoms with Crippen molar-refractivity contribution in [1.29, 1.82) is 0 Å². The van der Waals surface area contributed by atoms with E-state index in [9.17, 15) is 0 Å². The molecule has 1 fully saturated rings. The minimum Gasteiger partial charge on any atom is -0.489 e. The van der Waals surface area contributed by atoms with Crippen molar-refractivity contribution < 1.29 is 4.74 Å². The SMILES string of the molecule is Cc1ccccc1OC1CCCCC1N(C)C. The summed E-state index contributed by atoms with van der Waals surface area (Å²) in [6.07, 6.45) is 5.40. The zero-order valence-electron chi connectivity index (χ0n) is 11.1. The highest BCUT2D eigenvalue weighted by Gasteiger charge is 2.28. The maximum Gasteiger partial charge on any atom is 0.122 e. The van der Waals surface area contributed by atoms with Crippen molar-refractivity contribution in [2.45, 2.75) is 44.8 Å². The number of para-hydroxylation sites is 1. The van der Waals surface area contributed by atoms with Crippen LogP contribution in [0.25, 0.3) is 0 Å². The van der Waals surface area contributed by atoms with Crippen LogP contribution in [0.1, 0.15) is 31.2 Å². The van der Waals surface area contributed by atoms with E-state index in [1.54, 1.807) is 0 Å². The Morgan fingerprint density at radius 3 is 2.53 bits per heavy atom. The van der Waals surface area contributed by atoms with Gasteiger partial charge in [-0.3, -0.25) is 0 Å². The van der Waals surface area contributed by atoms with Crippen LogP contribution >= 0.6 is 0 Å². The van der Waals surface area contributed by atoms with Crippen LogP contribution in [0.3, 0.4) is 0 Å². The quantitative estimate of drug-likeness (QED) is 0.794. The van der Waals surface area contributed by atoms with E-state index in [4.69, 9.17) is 4.74 Å². The van der Waals surface area contributed by atoms with Gasteiger partial charge < -0.3 is 9.64 Å². The molecule has 2 nitrogen and oxygen atoms in total. The van der Waals surface area contributed by atoms with Crippen molar-refractivity contribution >= 4 is 0 Å². The molecule has 1 aromatic carbocycles. The van der Waals surface area contributed by atoms with E-state index in [-0.39, 0.29) is 0 Å². The summed E-state index contributed by atoms with van der Waals surface area (Å²) >= 11 is 0. The minimum absolute atomic E-state index is 0.347. The van der Waals surface area contributed by atoms with Gasteiger partial charge in [0.1, 0.15) is 11.9 Å². The first-order chi connectivity index (χ1) is 8.18. The molecule has 2 rings (SSSR count). The summed E-state index contributed by atoms with van der Waals surface area (Å²) in [5.41, 5.74) is 1.23. The maximum absolute atomic E-state index is 6.22. The Morgan fingerprint density at radius 1 is 1.12 bits per heavy atom. The van der Waals surface area contributed by atoms with E-state index >= 15 is 0 Å². The molecule has 94 valence electrons. The summed E-state index contributed by atoms with van der Waals surface area (Å²) < 4.78 is 6.22. The van der Waals surface area contributed by atoms with Crippen LogP contribution in [0.5, 0.6) is 5.75 Å². The molecular formula is C15H23NO. The van der Waals surface area contributed by atoms with Gasteiger partial charge in [-0.05, 0) is 51.9 Å². The van der Waals surface area contributed by atoms with Gasteiger partial charge in [0.2, 0.25) is 0 Å². The normalized spacial score (nSPS) is 24.9. The molecule has 2 unspecified atom stereocenters. The summed E-state index contributed by atoms with van der Waals surface area (Å²) in [6.45, 7) is 2.11. The van der Waals surface area contributed by atoms with Crippen LogP contribution in [0.2, 0.25) is 0 Å². The molecule has 2 atom stereocenters. The molecule has 0 saturated heterocycles. The van der Waals surface area contributed by atoms with Gasteiger partial charge in [0.15, 0.2) is 0 Å². The molecule has 17 heavy (non-hydrogen) atoms. The van der Waals surface area contributed by atoms with Gasteiger partial charge in [-0.2, -0.15) is 0 Å². The number of benzene rings is 1. The lowest BCUT2D eigenvalue weighted by Gasteiger charge is -2.36. The first kappa shape index (κ1) is 12.4. The Labute approximate surface area is 105 Å².